The summed E-state index contributed by atoms with van der Waals surface area (Å²) in [4.78, 5) is 8.46. The van der Waals surface area contributed by atoms with Crippen LogP contribution >= 0.6 is 0 Å². The molecule has 0 saturated carbocycles. The van der Waals surface area contributed by atoms with Gasteiger partial charge in [-0.15, -0.1) is 10.2 Å². The van der Waals surface area contributed by atoms with E-state index in [0.29, 0.717) is 5.78 Å². The molecule has 0 bridgehead atoms. The smallest absolute Gasteiger partial charge is 0.254 e. The van der Waals surface area contributed by atoms with Crippen LogP contribution in [0, 0.1) is 6.92 Å². The number of aryl methyl sites for hydroxylation is 1. The number of nitrogens with one attached hydrogen (secondary N) is 1. The number of hydrogen-bond acceptors (Lipinski definition) is 6. The van der Waals surface area contributed by atoms with Crippen LogP contribution in [0.15, 0.2) is 36.8 Å². The molecule has 0 saturated heterocycles. The van der Waals surface area contributed by atoms with Gasteiger partial charge in [-0.3, -0.25) is 4.40 Å². The van der Waals surface area contributed by atoms with E-state index >= 15 is 0 Å². The van der Waals surface area contributed by atoms with Gasteiger partial charge in [0.05, 0.1) is 6.04 Å². The summed E-state index contributed by atoms with van der Waals surface area (Å²) in [5.74, 6) is 2.22. The topological polar surface area (TPSA) is 85.3 Å². The molecule has 0 aliphatic carbocycles. The number of fused-ring (bicyclic) bond motifs is 2. The predicted molar refractivity (Wildman–Crippen MR) is 80.5 cm³/mol. The second-order valence-corrected chi connectivity index (χ2v) is 5.11. The van der Waals surface area contributed by atoms with Crippen molar-refractivity contribution in [1.29, 1.82) is 0 Å². The third-order valence-corrected chi connectivity index (χ3v) is 3.47. The first-order valence-electron chi connectivity index (χ1n) is 6.96. The number of rotatable bonds is 3. The zero-order valence-corrected chi connectivity index (χ0v) is 12.2. The molecule has 0 fully saturated rings. The largest absolute Gasteiger partial charge is 0.360 e. The quantitative estimate of drug-likeness (QED) is 0.618. The lowest BCUT2D eigenvalue weighted by Gasteiger charge is -2.14. The van der Waals surface area contributed by atoms with Crippen molar-refractivity contribution < 1.29 is 0 Å². The number of hydrogen-bond donors (Lipinski definition) is 1. The van der Waals surface area contributed by atoms with Crippen LogP contribution in [0.2, 0.25) is 0 Å². The highest BCUT2D eigenvalue weighted by atomic mass is 15.4. The Hall–Kier alpha value is -3.03. The van der Waals surface area contributed by atoms with Crippen molar-refractivity contribution in [2.45, 2.75) is 19.9 Å². The summed E-state index contributed by atoms with van der Waals surface area (Å²) in [7, 11) is 0. The van der Waals surface area contributed by atoms with Crippen molar-refractivity contribution >= 4 is 17.2 Å². The van der Waals surface area contributed by atoms with Crippen LogP contribution in [0.4, 0.5) is 5.82 Å². The second kappa shape index (κ2) is 4.76. The lowest BCUT2D eigenvalue weighted by molar-refractivity contribution is 0.757. The molecule has 1 atom stereocenters. The van der Waals surface area contributed by atoms with Crippen LogP contribution in [0.25, 0.3) is 11.4 Å². The average molecular weight is 294 g/mol. The van der Waals surface area contributed by atoms with Gasteiger partial charge in [-0.25, -0.2) is 4.98 Å². The monoisotopic (exact) mass is 294 g/mol. The summed E-state index contributed by atoms with van der Waals surface area (Å²) in [5.41, 5.74) is 1.70. The van der Waals surface area contributed by atoms with Crippen molar-refractivity contribution in [2.75, 3.05) is 5.32 Å². The maximum atomic E-state index is 4.33. The minimum Gasteiger partial charge on any atom is -0.360 e. The maximum absolute atomic E-state index is 4.33. The lowest BCUT2D eigenvalue weighted by Crippen LogP contribution is -2.14. The van der Waals surface area contributed by atoms with Gasteiger partial charge in [-0.1, -0.05) is 6.07 Å². The molecule has 0 aliphatic rings. The number of nitrogens with zero attached hydrogens (tertiary/aromatic N) is 7. The van der Waals surface area contributed by atoms with Crippen molar-refractivity contribution in [3.63, 3.8) is 0 Å². The van der Waals surface area contributed by atoms with Crippen molar-refractivity contribution in [2.24, 2.45) is 0 Å². The second-order valence-electron chi connectivity index (χ2n) is 5.11. The van der Waals surface area contributed by atoms with E-state index in [1.165, 1.54) is 6.33 Å². The van der Waals surface area contributed by atoms with Crippen molar-refractivity contribution in [3.05, 3.63) is 48.3 Å². The fraction of sp³-hybridized carbons (Fsp3) is 0.214. The Balaban J connectivity index is 1.74. The molecule has 8 nitrogen and oxygen atoms in total. The summed E-state index contributed by atoms with van der Waals surface area (Å²) in [6.07, 6.45) is 3.44. The highest BCUT2D eigenvalue weighted by Gasteiger charge is 2.15. The van der Waals surface area contributed by atoms with Gasteiger partial charge in [0, 0.05) is 18.0 Å². The zero-order valence-electron chi connectivity index (χ0n) is 12.2. The van der Waals surface area contributed by atoms with E-state index in [0.717, 1.165) is 23.0 Å². The molecule has 1 N–H and O–H groups in total. The first-order chi connectivity index (χ1) is 10.7. The van der Waals surface area contributed by atoms with Crippen LogP contribution in [0.5, 0.6) is 0 Å². The van der Waals surface area contributed by atoms with Crippen LogP contribution in [-0.4, -0.2) is 34.2 Å². The third kappa shape index (κ3) is 1.96. The summed E-state index contributed by atoms with van der Waals surface area (Å²) in [6.45, 7) is 3.96. The maximum Gasteiger partial charge on any atom is 0.254 e. The van der Waals surface area contributed by atoms with Gasteiger partial charge in [0.2, 0.25) is 0 Å². The fourth-order valence-corrected chi connectivity index (χ4v) is 2.47. The van der Waals surface area contributed by atoms with Crippen LogP contribution in [-0.2, 0) is 0 Å². The Morgan fingerprint density at radius 2 is 2.14 bits per heavy atom. The lowest BCUT2D eigenvalue weighted by atomic mass is 10.3. The van der Waals surface area contributed by atoms with Gasteiger partial charge < -0.3 is 5.32 Å². The minimum absolute atomic E-state index is 0.0494. The zero-order chi connectivity index (χ0) is 15.1. The Kier molecular flexibility index (Phi) is 2.75. The molecule has 110 valence electrons. The molecule has 22 heavy (non-hydrogen) atoms. The van der Waals surface area contributed by atoms with Gasteiger partial charge in [0.1, 0.15) is 12.1 Å². The standard InChI is InChI=1S/C14H14N8/c1-9-7-12(22-14(17-9)15-8-16-22)18-10(2)13-20-19-11-5-3-4-6-21(11)13/h3-8,10,18H,1-2H3. The first kappa shape index (κ1) is 12.7. The van der Waals surface area contributed by atoms with Gasteiger partial charge in [-0.2, -0.15) is 14.6 Å². The molecular weight excluding hydrogens is 280 g/mol. The molecule has 0 amide bonds. The third-order valence-electron chi connectivity index (χ3n) is 3.47. The van der Waals surface area contributed by atoms with Crippen LogP contribution in [0.1, 0.15) is 24.5 Å². The molecular formula is C14H14N8. The van der Waals surface area contributed by atoms with E-state index in [9.17, 15) is 0 Å². The Bertz CT molecular complexity index is 954. The van der Waals surface area contributed by atoms with Gasteiger partial charge in [0.25, 0.3) is 5.78 Å². The number of pyridine rings is 1. The molecule has 4 rings (SSSR count). The first-order valence-corrected chi connectivity index (χ1v) is 6.96. The normalized spacial score (nSPS) is 12.8. The summed E-state index contributed by atoms with van der Waals surface area (Å²) < 4.78 is 3.64. The van der Waals surface area contributed by atoms with Gasteiger partial charge in [-0.05, 0) is 26.0 Å². The summed E-state index contributed by atoms with van der Waals surface area (Å²) >= 11 is 0. The van der Waals surface area contributed by atoms with E-state index in [2.05, 4.69) is 30.6 Å². The fourth-order valence-electron chi connectivity index (χ4n) is 2.47. The van der Waals surface area contributed by atoms with E-state index in [-0.39, 0.29) is 6.04 Å². The SMILES string of the molecule is Cc1cc(NC(C)c2nnc3ccccn23)n2ncnc2n1. The van der Waals surface area contributed by atoms with E-state index in [1.807, 2.05) is 48.7 Å². The van der Waals surface area contributed by atoms with E-state index in [4.69, 9.17) is 0 Å². The van der Waals surface area contributed by atoms with Gasteiger partial charge >= 0.3 is 0 Å². The Labute approximate surface area is 125 Å². The molecule has 0 aromatic carbocycles. The molecule has 1 unspecified atom stereocenters. The van der Waals surface area contributed by atoms with Crippen LogP contribution < -0.4 is 5.32 Å². The van der Waals surface area contributed by atoms with Crippen molar-refractivity contribution in [1.82, 2.24) is 34.2 Å². The molecule has 0 aliphatic heterocycles. The molecule has 4 aromatic heterocycles. The van der Waals surface area contributed by atoms with E-state index in [1.54, 1.807) is 4.52 Å². The highest BCUT2D eigenvalue weighted by molar-refractivity contribution is 5.46. The molecule has 8 heteroatoms. The predicted octanol–water partition coefficient (Wildman–Crippen LogP) is 1.65. The van der Waals surface area contributed by atoms with Crippen molar-refractivity contribution in [3.8, 4) is 0 Å². The molecule has 4 aromatic rings. The van der Waals surface area contributed by atoms with E-state index < -0.39 is 0 Å². The summed E-state index contributed by atoms with van der Waals surface area (Å²) in [6, 6.07) is 7.71. The van der Waals surface area contributed by atoms with Crippen LogP contribution in [0.3, 0.4) is 0 Å². The Morgan fingerprint density at radius 1 is 1.23 bits per heavy atom. The average Bonchev–Trinajstić information content (AvgIpc) is 3.12. The molecule has 0 spiro atoms. The molecule has 0 radical (unpaired) electrons. The Morgan fingerprint density at radius 3 is 3.05 bits per heavy atom. The number of aromatic nitrogens is 7. The highest BCUT2D eigenvalue weighted by Crippen LogP contribution is 2.19. The molecule has 4 heterocycles. The summed E-state index contributed by atoms with van der Waals surface area (Å²) in [5, 5.41) is 16.0. The minimum atomic E-state index is -0.0494. The van der Waals surface area contributed by atoms with Gasteiger partial charge in [0.15, 0.2) is 11.5 Å². The number of anilines is 1.